The third-order valence-electron chi connectivity index (χ3n) is 4.79. The van der Waals surface area contributed by atoms with Crippen LogP contribution in [-0.2, 0) is 16.0 Å². The lowest BCUT2D eigenvalue weighted by Gasteiger charge is -2.30. The predicted octanol–water partition coefficient (Wildman–Crippen LogP) is 3.81. The van der Waals surface area contributed by atoms with Gasteiger partial charge in [0.25, 0.3) is 0 Å². The van der Waals surface area contributed by atoms with Crippen molar-refractivity contribution >= 4 is 29.3 Å². The highest BCUT2D eigenvalue weighted by atomic mass is 35.5. The van der Waals surface area contributed by atoms with Gasteiger partial charge in [-0.15, -0.1) is 12.4 Å². The van der Waals surface area contributed by atoms with E-state index in [0.29, 0.717) is 6.42 Å². The smallest absolute Gasteiger partial charge is 0.323 e. The number of H-pyrrole nitrogens is 1. The van der Waals surface area contributed by atoms with Crippen LogP contribution in [0, 0.1) is 12.7 Å². The molecule has 4 nitrogen and oxygen atoms in total. The molecule has 2 unspecified atom stereocenters. The normalized spacial score (nSPS) is 18.9. The van der Waals surface area contributed by atoms with Gasteiger partial charge < -0.3 is 9.72 Å². The van der Waals surface area contributed by atoms with E-state index in [1.54, 1.807) is 0 Å². The van der Waals surface area contributed by atoms with E-state index in [2.05, 4.69) is 10.3 Å². The molecule has 0 fully saturated rings. The minimum atomic E-state index is -0.467. The summed E-state index contributed by atoms with van der Waals surface area (Å²) in [5.74, 6) is -0.594. The number of hydrogen-bond acceptors (Lipinski definition) is 3. The second kappa shape index (κ2) is 7.09. The number of methoxy groups -OCH3 is 1. The fourth-order valence-corrected chi connectivity index (χ4v) is 3.72. The first-order valence-corrected chi connectivity index (χ1v) is 8.27. The molecule has 2 atom stereocenters. The van der Waals surface area contributed by atoms with Crippen LogP contribution in [0.2, 0.25) is 0 Å². The molecule has 4 rings (SSSR count). The third-order valence-corrected chi connectivity index (χ3v) is 4.79. The highest BCUT2D eigenvalue weighted by Gasteiger charge is 2.34. The van der Waals surface area contributed by atoms with Crippen molar-refractivity contribution in [1.82, 2.24) is 10.3 Å². The summed E-state index contributed by atoms with van der Waals surface area (Å²) in [7, 11) is 1.39. The van der Waals surface area contributed by atoms with Gasteiger partial charge in [0, 0.05) is 23.0 Å². The molecule has 2 N–H and O–H groups in total. The zero-order chi connectivity index (χ0) is 17.6. The van der Waals surface area contributed by atoms with E-state index in [0.717, 1.165) is 33.3 Å². The molecule has 0 spiro atoms. The number of nitrogens with one attached hydrogen (secondary N) is 2. The number of hydrogen-bond donors (Lipinski definition) is 2. The Morgan fingerprint density at radius 3 is 2.73 bits per heavy atom. The van der Waals surface area contributed by atoms with Crippen molar-refractivity contribution < 1.29 is 13.9 Å². The van der Waals surface area contributed by atoms with Crippen LogP contribution in [0.4, 0.5) is 4.39 Å². The molecule has 1 aromatic heterocycles. The molecule has 6 heteroatoms. The van der Waals surface area contributed by atoms with Gasteiger partial charge in [-0.25, -0.2) is 4.39 Å². The van der Waals surface area contributed by atoms with Crippen LogP contribution >= 0.6 is 12.4 Å². The van der Waals surface area contributed by atoms with E-state index >= 15 is 0 Å². The van der Waals surface area contributed by atoms with Crippen LogP contribution in [0.3, 0.4) is 0 Å². The summed E-state index contributed by atoms with van der Waals surface area (Å²) in [6.07, 6.45) is 0.539. The van der Waals surface area contributed by atoms with Crippen LogP contribution in [0.1, 0.15) is 28.4 Å². The number of ether oxygens (including phenoxy) is 1. The van der Waals surface area contributed by atoms with Crippen LogP contribution in [-0.4, -0.2) is 24.1 Å². The van der Waals surface area contributed by atoms with Gasteiger partial charge >= 0.3 is 5.97 Å². The first-order valence-electron chi connectivity index (χ1n) is 8.27. The molecule has 0 saturated heterocycles. The van der Waals surface area contributed by atoms with Crippen LogP contribution in [0.15, 0.2) is 42.5 Å². The summed E-state index contributed by atoms with van der Waals surface area (Å²) in [5, 5.41) is 4.41. The van der Waals surface area contributed by atoms with Gasteiger partial charge in [-0.2, -0.15) is 0 Å². The highest BCUT2D eigenvalue weighted by molar-refractivity contribution is 5.87. The molecular formula is C20H20ClFN2O2. The van der Waals surface area contributed by atoms with Crippen molar-refractivity contribution in [3.63, 3.8) is 0 Å². The molecule has 1 aliphatic heterocycles. The van der Waals surface area contributed by atoms with Gasteiger partial charge in [-0.1, -0.05) is 24.3 Å². The van der Waals surface area contributed by atoms with Gasteiger partial charge in [0.15, 0.2) is 0 Å². The van der Waals surface area contributed by atoms with Crippen molar-refractivity contribution in [2.45, 2.75) is 25.4 Å². The predicted molar refractivity (Wildman–Crippen MR) is 101 cm³/mol. The molecule has 136 valence electrons. The minimum Gasteiger partial charge on any atom is -0.468 e. The molecule has 3 aromatic rings. The fraction of sp³-hybridized carbons (Fsp3) is 0.250. The minimum absolute atomic E-state index is 0. The van der Waals surface area contributed by atoms with Crippen molar-refractivity contribution in [2.24, 2.45) is 0 Å². The van der Waals surface area contributed by atoms with Gasteiger partial charge in [-0.05, 0) is 41.8 Å². The Bertz CT molecular complexity index is 949. The Hall–Kier alpha value is -2.37. The Kier molecular flexibility index (Phi) is 5.03. The first kappa shape index (κ1) is 18.4. The molecule has 0 aliphatic carbocycles. The van der Waals surface area contributed by atoms with E-state index in [1.165, 1.54) is 19.2 Å². The van der Waals surface area contributed by atoms with Crippen molar-refractivity contribution in [3.8, 4) is 0 Å². The fourth-order valence-electron chi connectivity index (χ4n) is 3.72. The lowest BCUT2D eigenvalue weighted by molar-refractivity contribution is -0.143. The van der Waals surface area contributed by atoms with Gasteiger partial charge in [-0.3, -0.25) is 10.1 Å². The Labute approximate surface area is 157 Å². The standard InChI is InChI=1S/C20H19FN2O2.ClH/c1-11-7-12(9-13(21)8-11)18-19-15(10-17(23-18)20(24)25-2)14-5-3-4-6-16(14)22-19;/h3-9,17-18,22-23H,10H2,1-2H3;1H. The summed E-state index contributed by atoms with van der Waals surface area (Å²) in [6, 6.07) is 12.2. The van der Waals surface area contributed by atoms with E-state index in [1.807, 2.05) is 37.3 Å². The van der Waals surface area contributed by atoms with E-state index in [4.69, 9.17) is 4.74 Å². The van der Waals surface area contributed by atoms with E-state index in [9.17, 15) is 9.18 Å². The molecule has 0 amide bonds. The third kappa shape index (κ3) is 3.08. The lowest BCUT2D eigenvalue weighted by Crippen LogP contribution is -2.45. The van der Waals surface area contributed by atoms with E-state index in [-0.39, 0.29) is 30.2 Å². The number of rotatable bonds is 2. The zero-order valence-corrected chi connectivity index (χ0v) is 15.3. The monoisotopic (exact) mass is 374 g/mol. The molecule has 0 radical (unpaired) electrons. The Morgan fingerprint density at radius 1 is 1.23 bits per heavy atom. The second-order valence-corrected chi connectivity index (χ2v) is 6.50. The zero-order valence-electron chi connectivity index (χ0n) is 14.5. The lowest BCUT2D eigenvalue weighted by atomic mass is 9.90. The topological polar surface area (TPSA) is 54.1 Å². The maximum absolute atomic E-state index is 14.0. The first-order chi connectivity index (χ1) is 12.1. The van der Waals surface area contributed by atoms with Gasteiger partial charge in [0.1, 0.15) is 11.9 Å². The number of fused-ring (bicyclic) bond motifs is 3. The maximum atomic E-state index is 14.0. The van der Waals surface area contributed by atoms with Crippen LogP contribution < -0.4 is 5.32 Å². The summed E-state index contributed by atoms with van der Waals surface area (Å²) in [4.78, 5) is 15.6. The number of aromatic nitrogens is 1. The molecule has 26 heavy (non-hydrogen) atoms. The van der Waals surface area contributed by atoms with Gasteiger partial charge in [0.05, 0.1) is 13.2 Å². The molecule has 2 heterocycles. The number of halogens is 2. The average Bonchev–Trinajstić information content (AvgIpc) is 2.98. The Balaban J connectivity index is 0.00000196. The Morgan fingerprint density at radius 2 is 2.00 bits per heavy atom. The molecule has 0 saturated carbocycles. The molecular weight excluding hydrogens is 355 g/mol. The quantitative estimate of drug-likeness (QED) is 0.670. The molecule has 1 aliphatic rings. The molecule has 2 aromatic carbocycles. The number of carbonyl (C=O) groups is 1. The summed E-state index contributed by atoms with van der Waals surface area (Å²) in [6.45, 7) is 1.86. The second-order valence-electron chi connectivity index (χ2n) is 6.50. The number of aromatic amines is 1. The van der Waals surface area contributed by atoms with Crippen molar-refractivity contribution in [1.29, 1.82) is 0 Å². The van der Waals surface area contributed by atoms with E-state index < -0.39 is 6.04 Å². The van der Waals surface area contributed by atoms with Crippen LogP contribution in [0.5, 0.6) is 0 Å². The SMILES string of the molecule is COC(=O)C1Cc2c([nH]c3ccccc23)C(c2cc(C)cc(F)c2)N1.Cl. The number of para-hydroxylation sites is 1. The van der Waals surface area contributed by atoms with Crippen molar-refractivity contribution in [2.75, 3.05) is 7.11 Å². The van der Waals surface area contributed by atoms with Crippen LogP contribution in [0.25, 0.3) is 10.9 Å². The van der Waals surface area contributed by atoms with Gasteiger partial charge in [0.2, 0.25) is 0 Å². The van der Waals surface area contributed by atoms with Crippen molar-refractivity contribution in [3.05, 3.63) is 70.7 Å². The summed E-state index contributed by atoms with van der Waals surface area (Å²) in [5.41, 5.74) is 4.70. The highest BCUT2D eigenvalue weighted by Crippen LogP contribution is 2.35. The summed E-state index contributed by atoms with van der Waals surface area (Å²) < 4.78 is 18.9. The largest absolute Gasteiger partial charge is 0.468 e. The average molecular weight is 375 g/mol. The number of carbonyl (C=O) groups excluding carboxylic acids is 1. The number of esters is 1. The molecule has 0 bridgehead atoms. The number of aryl methyl sites for hydroxylation is 1. The number of benzene rings is 2. The summed E-state index contributed by atoms with van der Waals surface area (Å²) >= 11 is 0. The maximum Gasteiger partial charge on any atom is 0.323 e.